The Morgan fingerprint density at radius 1 is 0.864 bits per heavy atom. The normalized spacial score (nSPS) is 10.3. The molecule has 0 saturated heterocycles. The highest BCUT2D eigenvalue weighted by atomic mass is 16.2. The minimum atomic E-state index is -0.250. The van der Waals surface area contributed by atoms with Crippen LogP contribution in [0.3, 0.4) is 0 Å². The van der Waals surface area contributed by atoms with Crippen molar-refractivity contribution < 1.29 is 4.79 Å². The lowest BCUT2D eigenvalue weighted by atomic mass is 10.3. The summed E-state index contributed by atoms with van der Waals surface area (Å²) in [5.74, 6) is 0. The zero-order chi connectivity index (χ0) is 15.8. The predicted molar refractivity (Wildman–Crippen MR) is 92.6 cm³/mol. The van der Waals surface area contributed by atoms with Gasteiger partial charge >= 0.3 is 6.03 Å². The van der Waals surface area contributed by atoms with E-state index >= 15 is 0 Å². The van der Waals surface area contributed by atoms with Gasteiger partial charge in [-0.05, 0) is 50.5 Å². The molecule has 0 atom stereocenters. The Morgan fingerprint density at radius 2 is 1.41 bits per heavy atom. The predicted octanol–water partition coefficient (Wildman–Crippen LogP) is 3.30. The summed E-state index contributed by atoms with van der Waals surface area (Å²) in [6.45, 7) is 1.85. The minimum Gasteiger partial charge on any atom is -0.384 e. The molecule has 0 spiro atoms. The number of rotatable bonds is 6. The summed E-state index contributed by atoms with van der Waals surface area (Å²) in [6, 6.07) is 16.8. The molecule has 2 aromatic carbocycles. The lowest BCUT2D eigenvalue weighted by molar-refractivity contribution is 0.262. The van der Waals surface area contributed by atoms with Crippen molar-refractivity contribution in [2.45, 2.75) is 0 Å². The Hall–Kier alpha value is -2.53. The zero-order valence-corrected chi connectivity index (χ0v) is 13.0. The molecule has 5 heteroatoms. The maximum Gasteiger partial charge on any atom is 0.323 e. The van der Waals surface area contributed by atoms with E-state index in [0.29, 0.717) is 0 Å². The van der Waals surface area contributed by atoms with E-state index in [1.807, 2.05) is 68.7 Å². The number of nitrogens with one attached hydrogen (secondary N) is 3. The first kappa shape index (κ1) is 15.9. The molecule has 3 N–H and O–H groups in total. The number of anilines is 3. The number of hydrogen-bond donors (Lipinski definition) is 3. The van der Waals surface area contributed by atoms with E-state index in [1.165, 1.54) is 0 Å². The molecule has 0 heterocycles. The van der Waals surface area contributed by atoms with Crippen molar-refractivity contribution in [2.75, 3.05) is 43.1 Å². The lowest BCUT2D eigenvalue weighted by Gasteiger charge is -2.12. The molecule has 2 amide bonds. The highest BCUT2D eigenvalue weighted by molar-refractivity contribution is 5.99. The summed E-state index contributed by atoms with van der Waals surface area (Å²) in [5, 5.41) is 8.91. The quantitative estimate of drug-likeness (QED) is 0.767. The smallest absolute Gasteiger partial charge is 0.323 e. The molecule has 0 radical (unpaired) electrons. The first-order chi connectivity index (χ1) is 10.6. The van der Waals surface area contributed by atoms with Crippen molar-refractivity contribution in [3.8, 4) is 0 Å². The summed E-state index contributed by atoms with van der Waals surface area (Å²) in [7, 11) is 4.08. The van der Waals surface area contributed by atoms with Gasteiger partial charge < -0.3 is 20.9 Å². The van der Waals surface area contributed by atoms with Crippen LogP contribution in [0.15, 0.2) is 54.6 Å². The van der Waals surface area contributed by atoms with Gasteiger partial charge in [0.25, 0.3) is 0 Å². The highest BCUT2D eigenvalue weighted by Crippen LogP contribution is 2.14. The lowest BCUT2D eigenvalue weighted by Crippen LogP contribution is -2.21. The van der Waals surface area contributed by atoms with Crippen LogP contribution in [0.5, 0.6) is 0 Å². The number of amides is 2. The van der Waals surface area contributed by atoms with E-state index in [4.69, 9.17) is 0 Å². The standard InChI is InChI=1S/C17H22N4O/c1-21(2)13-12-18-14-8-10-16(11-9-14)20-17(22)19-15-6-4-3-5-7-15/h3-11,18H,12-13H2,1-2H3,(H2,19,20,22). The second-order valence-corrected chi connectivity index (χ2v) is 5.25. The number of carbonyl (C=O) groups excluding carboxylic acids is 1. The topological polar surface area (TPSA) is 56.4 Å². The summed E-state index contributed by atoms with van der Waals surface area (Å²) >= 11 is 0. The van der Waals surface area contributed by atoms with Gasteiger partial charge in [-0.1, -0.05) is 18.2 Å². The largest absolute Gasteiger partial charge is 0.384 e. The highest BCUT2D eigenvalue weighted by Gasteiger charge is 2.02. The number of hydrogen-bond acceptors (Lipinski definition) is 3. The molecule has 5 nitrogen and oxygen atoms in total. The molecule has 116 valence electrons. The molecule has 0 aliphatic rings. The van der Waals surface area contributed by atoms with E-state index in [9.17, 15) is 4.79 Å². The molecule has 22 heavy (non-hydrogen) atoms. The summed E-state index contributed by atoms with van der Waals surface area (Å²) in [4.78, 5) is 14.0. The van der Waals surface area contributed by atoms with E-state index < -0.39 is 0 Å². The van der Waals surface area contributed by atoms with Gasteiger partial charge in [-0.3, -0.25) is 0 Å². The first-order valence-electron chi connectivity index (χ1n) is 7.25. The molecule has 0 aromatic heterocycles. The monoisotopic (exact) mass is 298 g/mol. The van der Waals surface area contributed by atoms with Crippen LogP contribution < -0.4 is 16.0 Å². The third-order valence-corrected chi connectivity index (χ3v) is 3.06. The number of para-hydroxylation sites is 1. The van der Waals surface area contributed by atoms with Crippen molar-refractivity contribution in [3.63, 3.8) is 0 Å². The molecule has 0 saturated carbocycles. The van der Waals surface area contributed by atoms with Crippen LogP contribution in [0.2, 0.25) is 0 Å². The van der Waals surface area contributed by atoms with Crippen LogP contribution in [0.4, 0.5) is 21.9 Å². The average Bonchev–Trinajstić information content (AvgIpc) is 2.49. The van der Waals surface area contributed by atoms with Gasteiger partial charge in [0.15, 0.2) is 0 Å². The molecule has 0 unspecified atom stereocenters. The second kappa shape index (κ2) is 8.05. The van der Waals surface area contributed by atoms with E-state index in [0.717, 1.165) is 30.2 Å². The van der Waals surface area contributed by atoms with Gasteiger partial charge in [0.05, 0.1) is 0 Å². The van der Waals surface area contributed by atoms with Crippen molar-refractivity contribution >= 4 is 23.1 Å². The van der Waals surface area contributed by atoms with Crippen LogP contribution in [0.25, 0.3) is 0 Å². The zero-order valence-electron chi connectivity index (χ0n) is 13.0. The number of benzene rings is 2. The van der Waals surface area contributed by atoms with E-state index in [-0.39, 0.29) is 6.03 Å². The van der Waals surface area contributed by atoms with Gasteiger partial charge in [-0.2, -0.15) is 0 Å². The molecule has 0 aliphatic carbocycles. The Balaban J connectivity index is 1.82. The fraction of sp³-hybridized carbons (Fsp3) is 0.235. The average molecular weight is 298 g/mol. The van der Waals surface area contributed by atoms with Crippen LogP contribution in [0, 0.1) is 0 Å². The van der Waals surface area contributed by atoms with Gasteiger partial charge in [-0.25, -0.2) is 4.79 Å². The van der Waals surface area contributed by atoms with Crippen molar-refractivity contribution in [2.24, 2.45) is 0 Å². The molecule has 0 aliphatic heterocycles. The van der Waals surface area contributed by atoms with Gasteiger partial charge in [-0.15, -0.1) is 0 Å². The molecular formula is C17H22N4O. The molecule has 2 rings (SSSR count). The maximum absolute atomic E-state index is 11.9. The number of carbonyl (C=O) groups is 1. The Labute approximate surface area is 131 Å². The Kier molecular flexibility index (Phi) is 5.80. The van der Waals surface area contributed by atoms with Crippen LogP contribution >= 0.6 is 0 Å². The van der Waals surface area contributed by atoms with Crippen LogP contribution in [0.1, 0.15) is 0 Å². The molecular weight excluding hydrogens is 276 g/mol. The van der Waals surface area contributed by atoms with Crippen molar-refractivity contribution in [1.82, 2.24) is 4.90 Å². The SMILES string of the molecule is CN(C)CCNc1ccc(NC(=O)Nc2ccccc2)cc1. The van der Waals surface area contributed by atoms with Crippen LogP contribution in [-0.4, -0.2) is 38.1 Å². The maximum atomic E-state index is 11.9. The fourth-order valence-electron chi connectivity index (χ4n) is 1.91. The minimum absolute atomic E-state index is 0.250. The second-order valence-electron chi connectivity index (χ2n) is 5.25. The third kappa shape index (κ3) is 5.46. The summed E-state index contributed by atoms with van der Waals surface area (Å²) in [5.41, 5.74) is 2.56. The fourth-order valence-corrected chi connectivity index (χ4v) is 1.91. The number of likely N-dealkylation sites (N-methyl/N-ethyl adjacent to an activating group) is 1. The van der Waals surface area contributed by atoms with Crippen molar-refractivity contribution in [1.29, 1.82) is 0 Å². The van der Waals surface area contributed by atoms with E-state index in [2.05, 4.69) is 20.9 Å². The summed E-state index contributed by atoms with van der Waals surface area (Å²) < 4.78 is 0. The summed E-state index contributed by atoms with van der Waals surface area (Å²) in [6.07, 6.45) is 0. The Bertz CT molecular complexity index is 581. The van der Waals surface area contributed by atoms with Crippen molar-refractivity contribution in [3.05, 3.63) is 54.6 Å². The van der Waals surface area contributed by atoms with Crippen LogP contribution in [-0.2, 0) is 0 Å². The van der Waals surface area contributed by atoms with Gasteiger partial charge in [0.1, 0.15) is 0 Å². The third-order valence-electron chi connectivity index (χ3n) is 3.06. The number of urea groups is 1. The van der Waals surface area contributed by atoms with Gasteiger partial charge in [0.2, 0.25) is 0 Å². The molecule has 0 fully saturated rings. The molecule has 0 bridgehead atoms. The number of nitrogens with zero attached hydrogens (tertiary/aromatic N) is 1. The Morgan fingerprint density at radius 3 is 2.00 bits per heavy atom. The van der Waals surface area contributed by atoms with E-state index in [1.54, 1.807) is 0 Å². The first-order valence-corrected chi connectivity index (χ1v) is 7.25. The molecule has 2 aromatic rings. The van der Waals surface area contributed by atoms with Gasteiger partial charge in [0, 0.05) is 30.2 Å².